The molecule has 3 heterocycles. The number of halogens is 1. The van der Waals surface area contributed by atoms with Crippen molar-refractivity contribution in [3.63, 3.8) is 0 Å². The summed E-state index contributed by atoms with van der Waals surface area (Å²) in [4.78, 5) is 14.8. The number of aryl methyl sites for hydroxylation is 2. The second kappa shape index (κ2) is 8.56. The van der Waals surface area contributed by atoms with Crippen LogP contribution >= 0.6 is 0 Å². The van der Waals surface area contributed by atoms with Gasteiger partial charge in [-0.2, -0.15) is 0 Å². The first-order valence-corrected chi connectivity index (χ1v) is 11.2. The smallest absolute Gasteiger partial charge is 0.264 e. The maximum Gasteiger partial charge on any atom is 0.264 e. The van der Waals surface area contributed by atoms with Crippen molar-refractivity contribution in [3.05, 3.63) is 60.1 Å². The third-order valence-corrected chi connectivity index (χ3v) is 6.47. The number of anilines is 2. The van der Waals surface area contributed by atoms with Crippen LogP contribution in [0.2, 0.25) is 0 Å². The minimum Gasteiger partial charge on any atom is -0.378 e. The Morgan fingerprint density at radius 1 is 1.06 bits per heavy atom. The highest BCUT2D eigenvalue weighted by Crippen LogP contribution is 2.33. The van der Waals surface area contributed by atoms with Crippen LogP contribution in [0.15, 0.2) is 47.8 Å². The number of ether oxygens (including phenoxy) is 1. The van der Waals surface area contributed by atoms with Crippen LogP contribution < -0.4 is 9.62 Å². The van der Waals surface area contributed by atoms with Gasteiger partial charge in [-0.25, -0.2) is 22.8 Å². The molecule has 0 bridgehead atoms. The molecular weight excluding hydrogens is 421 g/mol. The van der Waals surface area contributed by atoms with E-state index in [9.17, 15) is 12.8 Å². The first-order chi connectivity index (χ1) is 14.9. The molecule has 31 heavy (non-hydrogen) atoms. The lowest BCUT2D eigenvalue weighted by molar-refractivity contribution is 0.122. The molecule has 162 valence electrons. The van der Waals surface area contributed by atoms with Crippen molar-refractivity contribution in [1.29, 1.82) is 0 Å². The summed E-state index contributed by atoms with van der Waals surface area (Å²) in [5.41, 5.74) is 2.90. The lowest BCUT2D eigenvalue weighted by Crippen LogP contribution is -2.37. The van der Waals surface area contributed by atoms with Crippen LogP contribution in [-0.4, -0.2) is 49.7 Å². The monoisotopic (exact) mass is 443 g/mol. The summed E-state index contributed by atoms with van der Waals surface area (Å²) in [5, 5.41) is 0. The van der Waals surface area contributed by atoms with E-state index < -0.39 is 20.7 Å². The quantitative estimate of drug-likeness (QED) is 0.647. The third kappa shape index (κ3) is 4.35. The number of morpholine rings is 1. The molecule has 0 aliphatic carbocycles. The average Bonchev–Trinajstić information content (AvgIpc) is 2.76. The lowest BCUT2D eigenvalue weighted by Gasteiger charge is -2.29. The van der Waals surface area contributed by atoms with E-state index in [2.05, 4.69) is 24.6 Å². The summed E-state index contributed by atoms with van der Waals surface area (Å²) in [7, 11) is -4.13. The Balaban J connectivity index is 1.75. The fraction of sp³-hybridized carbons (Fsp3) is 0.286. The molecule has 0 amide bonds. The minimum absolute atomic E-state index is 0.261. The van der Waals surface area contributed by atoms with Crippen LogP contribution in [0.4, 0.5) is 15.9 Å². The molecule has 0 saturated carbocycles. The summed E-state index contributed by atoms with van der Waals surface area (Å²) in [6.45, 7) is 6.12. The number of hydrogen-bond donors (Lipinski definition) is 1. The molecule has 0 spiro atoms. The van der Waals surface area contributed by atoms with Gasteiger partial charge < -0.3 is 9.64 Å². The molecule has 10 heteroatoms. The van der Waals surface area contributed by atoms with E-state index in [1.807, 2.05) is 6.92 Å². The van der Waals surface area contributed by atoms with Crippen LogP contribution in [0.25, 0.3) is 11.1 Å². The van der Waals surface area contributed by atoms with Crippen molar-refractivity contribution in [1.82, 2.24) is 15.0 Å². The van der Waals surface area contributed by atoms with Crippen LogP contribution in [0, 0.1) is 19.7 Å². The van der Waals surface area contributed by atoms with Crippen molar-refractivity contribution in [2.45, 2.75) is 18.7 Å². The SMILES string of the molecule is Cc1ncc(-c2c(C)ncnc2N2CCOCC2)cc1NS(=O)(=O)c1ccccc1F. The Bertz CT molecular complexity index is 1210. The summed E-state index contributed by atoms with van der Waals surface area (Å²) >= 11 is 0. The predicted octanol–water partition coefficient (Wildman–Crippen LogP) is 2.93. The zero-order chi connectivity index (χ0) is 22.0. The van der Waals surface area contributed by atoms with E-state index in [4.69, 9.17) is 4.74 Å². The van der Waals surface area contributed by atoms with E-state index in [1.54, 1.807) is 19.2 Å². The molecule has 1 N–H and O–H groups in total. The minimum atomic E-state index is -4.13. The first-order valence-electron chi connectivity index (χ1n) is 9.75. The highest BCUT2D eigenvalue weighted by molar-refractivity contribution is 7.92. The number of hydrogen-bond acceptors (Lipinski definition) is 7. The van der Waals surface area contributed by atoms with E-state index >= 15 is 0 Å². The number of pyridine rings is 1. The van der Waals surface area contributed by atoms with Gasteiger partial charge in [0.15, 0.2) is 0 Å². The Morgan fingerprint density at radius 2 is 1.81 bits per heavy atom. The average molecular weight is 444 g/mol. The van der Waals surface area contributed by atoms with Gasteiger partial charge in [-0.15, -0.1) is 0 Å². The highest BCUT2D eigenvalue weighted by atomic mass is 32.2. The highest BCUT2D eigenvalue weighted by Gasteiger charge is 2.23. The van der Waals surface area contributed by atoms with Gasteiger partial charge in [0.1, 0.15) is 22.9 Å². The second-order valence-electron chi connectivity index (χ2n) is 7.15. The van der Waals surface area contributed by atoms with Crippen molar-refractivity contribution < 1.29 is 17.5 Å². The van der Waals surface area contributed by atoms with Crippen LogP contribution in [-0.2, 0) is 14.8 Å². The molecule has 1 aromatic carbocycles. The molecule has 3 aromatic rings. The first kappa shape index (κ1) is 21.1. The Morgan fingerprint density at radius 3 is 2.55 bits per heavy atom. The Kier molecular flexibility index (Phi) is 5.84. The molecule has 2 aromatic heterocycles. The summed E-state index contributed by atoms with van der Waals surface area (Å²) in [6, 6.07) is 6.91. The van der Waals surface area contributed by atoms with Gasteiger partial charge in [-0.05, 0) is 32.0 Å². The topological polar surface area (TPSA) is 97.3 Å². The summed E-state index contributed by atoms with van der Waals surface area (Å²) in [6.07, 6.45) is 3.17. The lowest BCUT2D eigenvalue weighted by atomic mass is 10.0. The van der Waals surface area contributed by atoms with E-state index in [-0.39, 0.29) is 5.69 Å². The molecule has 1 fully saturated rings. The Labute approximate surface area is 180 Å². The molecule has 0 unspecified atom stereocenters. The largest absolute Gasteiger partial charge is 0.378 e. The summed E-state index contributed by atoms with van der Waals surface area (Å²) in [5.74, 6) is -0.0805. The van der Waals surface area contributed by atoms with E-state index in [0.717, 1.165) is 23.1 Å². The molecule has 8 nitrogen and oxygen atoms in total. The van der Waals surface area contributed by atoms with Crippen molar-refractivity contribution in [3.8, 4) is 11.1 Å². The molecule has 0 atom stereocenters. The van der Waals surface area contributed by atoms with Gasteiger partial charge in [0.05, 0.1) is 30.3 Å². The molecule has 0 radical (unpaired) electrons. The van der Waals surface area contributed by atoms with Gasteiger partial charge >= 0.3 is 0 Å². The molecule has 1 aliphatic heterocycles. The second-order valence-corrected chi connectivity index (χ2v) is 8.80. The molecule has 1 aliphatic rings. The number of rotatable bonds is 5. The van der Waals surface area contributed by atoms with Crippen molar-refractivity contribution in [2.24, 2.45) is 0 Å². The third-order valence-electron chi connectivity index (χ3n) is 5.07. The number of sulfonamides is 1. The normalized spacial score (nSPS) is 14.5. The zero-order valence-electron chi connectivity index (χ0n) is 17.2. The van der Waals surface area contributed by atoms with Crippen LogP contribution in [0.5, 0.6) is 0 Å². The molecule has 4 rings (SSSR count). The molecular formula is C21H22FN5O3S. The summed E-state index contributed by atoms with van der Waals surface area (Å²) < 4.78 is 47.5. The van der Waals surface area contributed by atoms with Gasteiger partial charge in [-0.3, -0.25) is 9.71 Å². The number of aromatic nitrogens is 3. The van der Waals surface area contributed by atoms with Crippen molar-refractivity contribution >= 4 is 21.5 Å². The van der Waals surface area contributed by atoms with Crippen molar-refractivity contribution in [2.75, 3.05) is 35.9 Å². The standard InChI is InChI=1S/C21H22FN5O3S/c1-14-18(26-31(28,29)19-6-4-3-5-17(19)22)11-16(12-23-14)20-15(2)24-13-25-21(20)27-7-9-30-10-8-27/h3-6,11-13,26H,7-10H2,1-2H3. The maximum atomic E-state index is 14.1. The van der Waals surface area contributed by atoms with Gasteiger partial charge in [0.2, 0.25) is 0 Å². The number of nitrogens with zero attached hydrogens (tertiary/aromatic N) is 4. The van der Waals surface area contributed by atoms with Gasteiger partial charge in [0.25, 0.3) is 10.0 Å². The fourth-order valence-electron chi connectivity index (χ4n) is 3.45. The van der Waals surface area contributed by atoms with Crippen LogP contribution in [0.3, 0.4) is 0 Å². The van der Waals surface area contributed by atoms with Gasteiger partial charge in [-0.1, -0.05) is 12.1 Å². The Hall–Kier alpha value is -3.11. The van der Waals surface area contributed by atoms with Gasteiger partial charge in [0, 0.05) is 30.4 Å². The number of nitrogens with one attached hydrogen (secondary N) is 1. The predicted molar refractivity (Wildman–Crippen MR) is 115 cm³/mol. The number of benzene rings is 1. The zero-order valence-corrected chi connectivity index (χ0v) is 18.0. The fourth-order valence-corrected chi connectivity index (χ4v) is 4.64. The van der Waals surface area contributed by atoms with E-state index in [1.165, 1.54) is 24.5 Å². The van der Waals surface area contributed by atoms with Crippen LogP contribution in [0.1, 0.15) is 11.4 Å². The van der Waals surface area contributed by atoms with E-state index in [0.29, 0.717) is 37.6 Å². The maximum absolute atomic E-state index is 14.1. The molecule has 1 saturated heterocycles.